The molecule has 2 aromatic heterocycles. The Bertz CT molecular complexity index is 1520. The number of hydrogen-bond donors (Lipinski definition) is 2. The molecule has 2 heterocycles. The van der Waals surface area contributed by atoms with E-state index in [1.165, 1.54) is 18.4 Å². The summed E-state index contributed by atoms with van der Waals surface area (Å²) in [4.78, 5) is 46.6. The van der Waals surface area contributed by atoms with Gasteiger partial charge in [0.05, 0.1) is 36.4 Å². The van der Waals surface area contributed by atoms with E-state index in [1.807, 2.05) is 24.3 Å². The number of amides is 1. The minimum absolute atomic E-state index is 0.283. The van der Waals surface area contributed by atoms with E-state index in [4.69, 9.17) is 14.2 Å². The van der Waals surface area contributed by atoms with Crippen molar-refractivity contribution in [3.63, 3.8) is 0 Å². The third kappa shape index (κ3) is 5.12. The van der Waals surface area contributed by atoms with Crippen LogP contribution in [0.3, 0.4) is 0 Å². The largest absolute Gasteiger partial charge is 0.497 e. The molecule has 0 spiro atoms. The summed E-state index contributed by atoms with van der Waals surface area (Å²) in [6.45, 7) is 1.68. The summed E-state index contributed by atoms with van der Waals surface area (Å²) < 4.78 is 15.4. The molecular formula is C28H27N3O6S. The van der Waals surface area contributed by atoms with Crippen LogP contribution in [-0.2, 0) is 27.1 Å². The highest BCUT2D eigenvalue weighted by atomic mass is 32.1. The van der Waals surface area contributed by atoms with E-state index < -0.39 is 24.5 Å². The third-order valence-corrected chi connectivity index (χ3v) is 7.74. The first kappa shape index (κ1) is 25.5. The van der Waals surface area contributed by atoms with Crippen molar-refractivity contribution in [1.29, 1.82) is 0 Å². The summed E-state index contributed by atoms with van der Waals surface area (Å²) in [5, 5.41) is 3.17. The van der Waals surface area contributed by atoms with Crippen LogP contribution >= 0.6 is 11.3 Å². The van der Waals surface area contributed by atoms with Gasteiger partial charge in [-0.05, 0) is 73.2 Å². The van der Waals surface area contributed by atoms with Gasteiger partial charge in [0.15, 0.2) is 6.61 Å². The molecule has 1 unspecified atom stereocenters. The number of aromatic amines is 1. The lowest BCUT2D eigenvalue weighted by atomic mass is 9.88. The van der Waals surface area contributed by atoms with Crippen molar-refractivity contribution in [3.05, 3.63) is 64.0 Å². The first-order valence-corrected chi connectivity index (χ1v) is 13.0. The Morgan fingerprint density at radius 3 is 2.63 bits per heavy atom. The summed E-state index contributed by atoms with van der Waals surface area (Å²) in [7, 11) is 2.93. The van der Waals surface area contributed by atoms with Gasteiger partial charge in [0, 0.05) is 10.4 Å². The predicted octanol–water partition coefficient (Wildman–Crippen LogP) is 5.01. The molecule has 1 aliphatic rings. The van der Waals surface area contributed by atoms with E-state index in [1.54, 1.807) is 25.3 Å². The van der Waals surface area contributed by atoms with Crippen LogP contribution in [0.25, 0.3) is 22.4 Å². The van der Waals surface area contributed by atoms with Gasteiger partial charge in [-0.25, -0.2) is 14.6 Å². The lowest BCUT2D eigenvalue weighted by Gasteiger charge is -2.18. The predicted molar refractivity (Wildman–Crippen MR) is 144 cm³/mol. The Morgan fingerprint density at radius 1 is 1.11 bits per heavy atom. The average molecular weight is 534 g/mol. The lowest BCUT2D eigenvalue weighted by Crippen LogP contribution is -2.22. The molecule has 38 heavy (non-hydrogen) atoms. The van der Waals surface area contributed by atoms with Crippen molar-refractivity contribution in [3.8, 4) is 17.1 Å². The zero-order chi connectivity index (χ0) is 26.8. The van der Waals surface area contributed by atoms with Gasteiger partial charge in [-0.15, -0.1) is 11.3 Å². The first-order valence-electron chi connectivity index (χ1n) is 12.2. The van der Waals surface area contributed by atoms with Gasteiger partial charge >= 0.3 is 11.9 Å². The highest BCUT2D eigenvalue weighted by Gasteiger charge is 2.29. The van der Waals surface area contributed by atoms with Crippen LogP contribution in [-0.4, -0.2) is 48.6 Å². The van der Waals surface area contributed by atoms with Gasteiger partial charge in [0.25, 0.3) is 5.91 Å². The topological polar surface area (TPSA) is 120 Å². The molecule has 1 atom stereocenters. The molecule has 0 fully saturated rings. The number of carbonyl (C=O) groups is 3. The Labute approximate surface area is 223 Å². The number of hydrogen-bond acceptors (Lipinski definition) is 8. The molecule has 0 bridgehead atoms. The second kappa shape index (κ2) is 10.7. The monoisotopic (exact) mass is 533 g/mol. The number of rotatable bonds is 7. The van der Waals surface area contributed by atoms with Crippen molar-refractivity contribution >= 4 is 45.2 Å². The molecule has 10 heteroatoms. The highest BCUT2D eigenvalue weighted by Crippen LogP contribution is 2.40. The number of esters is 2. The van der Waals surface area contributed by atoms with Gasteiger partial charge in [-0.3, -0.25) is 4.79 Å². The highest BCUT2D eigenvalue weighted by molar-refractivity contribution is 7.17. The van der Waals surface area contributed by atoms with Crippen molar-refractivity contribution in [2.75, 3.05) is 26.1 Å². The fourth-order valence-corrected chi connectivity index (χ4v) is 5.97. The number of H-pyrrole nitrogens is 1. The Balaban J connectivity index is 1.26. The van der Waals surface area contributed by atoms with Crippen LogP contribution in [0.5, 0.6) is 5.75 Å². The number of thiophene rings is 1. The Hall–Kier alpha value is -4.18. The Morgan fingerprint density at radius 2 is 1.89 bits per heavy atom. The summed E-state index contributed by atoms with van der Waals surface area (Å²) in [5.41, 5.74) is 3.85. The van der Waals surface area contributed by atoms with Gasteiger partial charge in [-0.1, -0.05) is 6.92 Å². The van der Waals surface area contributed by atoms with Crippen molar-refractivity contribution in [1.82, 2.24) is 9.97 Å². The molecule has 1 aliphatic carbocycles. The summed E-state index contributed by atoms with van der Waals surface area (Å²) in [6, 6.07) is 12.4. The first-order chi connectivity index (χ1) is 18.4. The van der Waals surface area contributed by atoms with E-state index in [2.05, 4.69) is 22.2 Å². The van der Waals surface area contributed by atoms with E-state index >= 15 is 0 Å². The van der Waals surface area contributed by atoms with Crippen molar-refractivity contribution in [2.24, 2.45) is 5.92 Å². The van der Waals surface area contributed by atoms with Crippen molar-refractivity contribution in [2.45, 2.75) is 26.2 Å². The minimum atomic E-state index is -0.643. The molecule has 2 aromatic carbocycles. The quantitative estimate of drug-likeness (QED) is 0.321. The van der Waals surface area contributed by atoms with Crippen LogP contribution in [0.15, 0.2) is 42.5 Å². The number of benzene rings is 2. The molecular weight excluding hydrogens is 506 g/mol. The molecule has 0 saturated carbocycles. The SMILES string of the molecule is COC(=O)c1c(NC(=O)COC(=O)c2ccc3nc(-c4ccc(OC)cc4)[nH]c3c2)sc2c1CCC(C)C2. The number of imidazole rings is 1. The zero-order valence-electron chi connectivity index (χ0n) is 21.3. The molecule has 9 nitrogen and oxygen atoms in total. The molecule has 5 rings (SSSR count). The van der Waals surface area contributed by atoms with Crippen LogP contribution in [0.2, 0.25) is 0 Å². The fraction of sp³-hybridized carbons (Fsp3) is 0.286. The molecule has 2 N–H and O–H groups in total. The standard InChI is InChI=1S/C28H27N3O6S/c1-15-4-10-19-22(12-15)38-26(24(19)28(34)36-3)31-23(32)14-37-27(33)17-7-11-20-21(13-17)30-25(29-20)16-5-8-18(35-2)9-6-16/h5-9,11,13,15H,4,10,12,14H2,1-3H3,(H,29,30)(H,31,32). The number of methoxy groups -OCH3 is 2. The second-order valence-corrected chi connectivity index (χ2v) is 10.3. The van der Waals surface area contributed by atoms with Crippen LogP contribution < -0.4 is 10.1 Å². The molecule has 0 aliphatic heterocycles. The molecule has 1 amide bonds. The normalized spacial score (nSPS) is 14.6. The number of fused-ring (bicyclic) bond motifs is 2. The smallest absolute Gasteiger partial charge is 0.341 e. The van der Waals surface area contributed by atoms with Crippen LogP contribution in [0.1, 0.15) is 44.5 Å². The fourth-order valence-electron chi connectivity index (χ4n) is 4.56. The van der Waals surface area contributed by atoms with Gasteiger partial charge in [0.2, 0.25) is 0 Å². The van der Waals surface area contributed by atoms with E-state index in [0.717, 1.165) is 41.0 Å². The maximum absolute atomic E-state index is 12.7. The minimum Gasteiger partial charge on any atom is -0.497 e. The van der Waals surface area contributed by atoms with Crippen LogP contribution in [0, 0.1) is 5.92 Å². The van der Waals surface area contributed by atoms with Gasteiger partial charge in [-0.2, -0.15) is 0 Å². The van der Waals surface area contributed by atoms with Gasteiger partial charge < -0.3 is 24.5 Å². The maximum Gasteiger partial charge on any atom is 0.341 e. The number of anilines is 1. The average Bonchev–Trinajstić information content (AvgIpc) is 3.51. The molecule has 4 aromatic rings. The van der Waals surface area contributed by atoms with E-state index in [0.29, 0.717) is 33.3 Å². The third-order valence-electron chi connectivity index (χ3n) is 6.57. The summed E-state index contributed by atoms with van der Waals surface area (Å²) >= 11 is 1.38. The number of ether oxygens (including phenoxy) is 3. The molecule has 0 saturated heterocycles. The Kier molecular flexibility index (Phi) is 7.15. The maximum atomic E-state index is 12.7. The summed E-state index contributed by atoms with van der Waals surface area (Å²) in [5.74, 6) is 0.257. The number of nitrogens with zero attached hydrogens (tertiary/aromatic N) is 1. The van der Waals surface area contributed by atoms with Crippen molar-refractivity contribution < 1.29 is 28.6 Å². The second-order valence-electron chi connectivity index (χ2n) is 9.22. The molecule has 196 valence electrons. The number of aromatic nitrogens is 2. The number of nitrogens with one attached hydrogen (secondary N) is 2. The number of carbonyl (C=O) groups excluding carboxylic acids is 3. The molecule has 0 radical (unpaired) electrons. The van der Waals surface area contributed by atoms with E-state index in [9.17, 15) is 14.4 Å². The summed E-state index contributed by atoms with van der Waals surface area (Å²) in [6.07, 6.45) is 2.59. The van der Waals surface area contributed by atoms with Crippen LogP contribution in [0.4, 0.5) is 5.00 Å². The van der Waals surface area contributed by atoms with Gasteiger partial charge in [0.1, 0.15) is 16.6 Å². The van der Waals surface area contributed by atoms with E-state index in [-0.39, 0.29) is 5.56 Å². The lowest BCUT2D eigenvalue weighted by molar-refractivity contribution is -0.119. The zero-order valence-corrected chi connectivity index (χ0v) is 22.1.